The molecule has 0 atom stereocenters. The van der Waals surface area contributed by atoms with E-state index >= 15 is 0 Å². The normalized spacial score (nSPS) is 9.92. The van der Waals surface area contributed by atoms with Crippen LogP contribution in [0.5, 0.6) is 0 Å². The third-order valence-electron chi connectivity index (χ3n) is 1.36. The quantitative estimate of drug-likeness (QED) is 0.864. The molecule has 4 heteroatoms. The molecule has 66 valence electrons. The van der Waals surface area contributed by atoms with Gasteiger partial charge in [0.05, 0.1) is 6.61 Å². The number of nitrogens with one attached hydrogen (secondary N) is 1. The summed E-state index contributed by atoms with van der Waals surface area (Å²) in [5.74, 6) is 0. The standard InChI is InChI=1S/C8H9BrClNO/c9-7-2-1-6(10)5-8(7)11-3-4-12/h1-2,5,11-12H,3-4H2. The van der Waals surface area contributed by atoms with Gasteiger partial charge in [-0.15, -0.1) is 0 Å². The first-order valence-electron chi connectivity index (χ1n) is 3.54. The van der Waals surface area contributed by atoms with Crippen LogP contribution < -0.4 is 5.32 Å². The molecule has 1 aromatic rings. The van der Waals surface area contributed by atoms with E-state index < -0.39 is 0 Å². The van der Waals surface area contributed by atoms with Crippen molar-refractivity contribution in [2.45, 2.75) is 0 Å². The van der Waals surface area contributed by atoms with Crippen molar-refractivity contribution < 1.29 is 5.11 Å². The van der Waals surface area contributed by atoms with Gasteiger partial charge in [-0.3, -0.25) is 0 Å². The number of aliphatic hydroxyl groups is 1. The lowest BCUT2D eigenvalue weighted by atomic mass is 10.3. The molecule has 0 aliphatic heterocycles. The van der Waals surface area contributed by atoms with Crippen LogP contribution in [0.1, 0.15) is 0 Å². The van der Waals surface area contributed by atoms with Gasteiger partial charge in [-0.25, -0.2) is 0 Å². The van der Waals surface area contributed by atoms with E-state index in [0.717, 1.165) is 10.2 Å². The molecule has 12 heavy (non-hydrogen) atoms. The molecule has 1 aromatic carbocycles. The molecule has 0 fully saturated rings. The van der Waals surface area contributed by atoms with Crippen LogP contribution in [0.4, 0.5) is 5.69 Å². The molecule has 0 amide bonds. The second-order valence-electron chi connectivity index (χ2n) is 2.27. The average Bonchev–Trinajstić information content (AvgIpc) is 2.07. The van der Waals surface area contributed by atoms with Gasteiger partial charge in [-0.2, -0.15) is 0 Å². The van der Waals surface area contributed by atoms with Crippen LogP contribution in [0.25, 0.3) is 0 Å². The zero-order chi connectivity index (χ0) is 8.97. The Morgan fingerprint density at radius 1 is 1.50 bits per heavy atom. The summed E-state index contributed by atoms with van der Waals surface area (Å²) in [5.41, 5.74) is 0.900. The van der Waals surface area contributed by atoms with Crippen LogP contribution in [-0.2, 0) is 0 Å². The maximum atomic E-state index is 8.58. The minimum Gasteiger partial charge on any atom is -0.395 e. The van der Waals surface area contributed by atoms with Gasteiger partial charge in [0, 0.05) is 21.7 Å². The van der Waals surface area contributed by atoms with Crippen molar-refractivity contribution in [3.8, 4) is 0 Å². The van der Waals surface area contributed by atoms with Crippen molar-refractivity contribution in [1.82, 2.24) is 0 Å². The molecule has 0 aliphatic rings. The highest BCUT2D eigenvalue weighted by Crippen LogP contribution is 2.25. The van der Waals surface area contributed by atoms with Gasteiger partial charge < -0.3 is 10.4 Å². The van der Waals surface area contributed by atoms with Gasteiger partial charge >= 0.3 is 0 Å². The average molecular weight is 251 g/mol. The molecule has 0 saturated heterocycles. The van der Waals surface area contributed by atoms with Crippen LogP contribution >= 0.6 is 27.5 Å². The van der Waals surface area contributed by atoms with Crippen molar-refractivity contribution in [3.63, 3.8) is 0 Å². The number of rotatable bonds is 3. The topological polar surface area (TPSA) is 32.3 Å². The minimum absolute atomic E-state index is 0.110. The Balaban J connectivity index is 2.75. The molecule has 2 N–H and O–H groups in total. The van der Waals surface area contributed by atoms with E-state index in [-0.39, 0.29) is 6.61 Å². The summed E-state index contributed by atoms with van der Waals surface area (Å²) in [4.78, 5) is 0. The van der Waals surface area contributed by atoms with E-state index in [1.54, 1.807) is 12.1 Å². The van der Waals surface area contributed by atoms with E-state index in [4.69, 9.17) is 16.7 Å². The van der Waals surface area contributed by atoms with Gasteiger partial charge in [-0.1, -0.05) is 11.6 Å². The SMILES string of the molecule is OCCNc1cc(Cl)ccc1Br. The van der Waals surface area contributed by atoms with Gasteiger partial charge in [-0.05, 0) is 34.1 Å². The molecule has 1 rings (SSSR count). The first-order valence-corrected chi connectivity index (χ1v) is 4.71. The summed E-state index contributed by atoms with van der Waals surface area (Å²) >= 11 is 9.13. The van der Waals surface area contributed by atoms with Crippen molar-refractivity contribution in [2.24, 2.45) is 0 Å². The highest BCUT2D eigenvalue weighted by molar-refractivity contribution is 9.10. The molecule has 0 unspecified atom stereocenters. The molecule has 0 radical (unpaired) electrons. The number of anilines is 1. The Labute approximate surface area is 84.7 Å². The van der Waals surface area contributed by atoms with E-state index in [1.807, 2.05) is 6.07 Å². The molecule has 0 heterocycles. The zero-order valence-electron chi connectivity index (χ0n) is 6.35. The Morgan fingerprint density at radius 2 is 2.25 bits per heavy atom. The van der Waals surface area contributed by atoms with Gasteiger partial charge in [0.15, 0.2) is 0 Å². The fraction of sp³-hybridized carbons (Fsp3) is 0.250. The second kappa shape index (κ2) is 4.70. The molecule has 0 bridgehead atoms. The monoisotopic (exact) mass is 249 g/mol. The summed E-state index contributed by atoms with van der Waals surface area (Å²) < 4.78 is 0.945. The highest BCUT2D eigenvalue weighted by Gasteiger charge is 1.98. The lowest BCUT2D eigenvalue weighted by Crippen LogP contribution is -2.05. The van der Waals surface area contributed by atoms with E-state index in [9.17, 15) is 0 Å². The minimum atomic E-state index is 0.110. The molecule has 0 saturated carbocycles. The van der Waals surface area contributed by atoms with Crippen molar-refractivity contribution >= 4 is 33.2 Å². The van der Waals surface area contributed by atoms with E-state index in [0.29, 0.717) is 11.6 Å². The Bertz CT molecular complexity index is 267. The number of halogens is 2. The van der Waals surface area contributed by atoms with Crippen LogP contribution in [-0.4, -0.2) is 18.3 Å². The smallest absolute Gasteiger partial charge is 0.0604 e. The maximum absolute atomic E-state index is 8.58. The predicted octanol–water partition coefficient (Wildman–Crippen LogP) is 2.51. The van der Waals surface area contributed by atoms with Crippen LogP contribution in [0, 0.1) is 0 Å². The largest absolute Gasteiger partial charge is 0.395 e. The van der Waals surface area contributed by atoms with Crippen molar-refractivity contribution in [1.29, 1.82) is 0 Å². The van der Waals surface area contributed by atoms with Gasteiger partial charge in [0.25, 0.3) is 0 Å². The Kier molecular flexibility index (Phi) is 3.85. The lowest BCUT2D eigenvalue weighted by molar-refractivity contribution is 0.311. The Morgan fingerprint density at radius 3 is 2.92 bits per heavy atom. The summed E-state index contributed by atoms with van der Waals surface area (Å²) in [6.07, 6.45) is 0. The fourth-order valence-electron chi connectivity index (χ4n) is 0.824. The summed E-state index contributed by atoms with van der Waals surface area (Å²) in [5, 5.41) is 12.3. The molecule has 0 aromatic heterocycles. The summed E-state index contributed by atoms with van der Waals surface area (Å²) in [6.45, 7) is 0.637. The highest BCUT2D eigenvalue weighted by atomic mass is 79.9. The summed E-state index contributed by atoms with van der Waals surface area (Å²) in [6, 6.07) is 5.47. The second-order valence-corrected chi connectivity index (χ2v) is 3.57. The first kappa shape index (κ1) is 9.84. The molecule has 2 nitrogen and oxygen atoms in total. The lowest BCUT2D eigenvalue weighted by Gasteiger charge is -2.06. The van der Waals surface area contributed by atoms with Crippen molar-refractivity contribution in [3.05, 3.63) is 27.7 Å². The molecule has 0 aliphatic carbocycles. The number of aliphatic hydroxyl groups excluding tert-OH is 1. The molecule has 0 spiro atoms. The van der Waals surface area contributed by atoms with Gasteiger partial charge in [0.2, 0.25) is 0 Å². The first-order chi connectivity index (χ1) is 5.74. The molecular weight excluding hydrogens is 241 g/mol. The third kappa shape index (κ3) is 2.66. The predicted molar refractivity (Wildman–Crippen MR) is 54.7 cm³/mol. The van der Waals surface area contributed by atoms with Gasteiger partial charge in [0.1, 0.15) is 0 Å². The van der Waals surface area contributed by atoms with Crippen LogP contribution in [0.3, 0.4) is 0 Å². The number of benzene rings is 1. The zero-order valence-corrected chi connectivity index (χ0v) is 8.69. The number of hydrogen-bond acceptors (Lipinski definition) is 2. The third-order valence-corrected chi connectivity index (χ3v) is 2.28. The Hall–Kier alpha value is -0.250. The molecular formula is C8H9BrClNO. The number of hydrogen-bond donors (Lipinski definition) is 2. The van der Waals surface area contributed by atoms with Crippen LogP contribution in [0.2, 0.25) is 5.02 Å². The summed E-state index contributed by atoms with van der Waals surface area (Å²) in [7, 11) is 0. The van der Waals surface area contributed by atoms with Crippen LogP contribution in [0.15, 0.2) is 22.7 Å². The van der Waals surface area contributed by atoms with Crippen molar-refractivity contribution in [2.75, 3.05) is 18.5 Å². The van der Waals surface area contributed by atoms with E-state index in [1.165, 1.54) is 0 Å². The van der Waals surface area contributed by atoms with E-state index in [2.05, 4.69) is 21.2 Å². The fourth-order valence-corrected chi connectivity index (χ4v) is 1.38. The maximum Gasteiger partial charge on any atom is 0.0604 e.